The second-order valence-corrected chi connectivity index (χ2v) is 4.36. The minimum atomic E-state index is 0.271. The van der Waals surface area contributed by atoms with Crippen molar-refractivity contribution in [1.29, 1.82) is 0 Å². The first-order valence-electron chi connectivity index (χ1n) is 6.12. The zero-order chi connectivity index (χ0) is 10.2. The molecule has 1 amide bonds. The lowest BCUT2D eigenvalue weighted by molar-refractivity contribution is -0.121. The van der Waals surface area contributed by atoms with E-state index in [2.05, 4.69) is 12.2 Å². The second kappa shape index (κ2) is 6.86. The highest BCUT2D eigenvalue weighted by Crippen LogP contribution is 2.17. The Bertz CT molecular complexity index is 162. The van der Waals surface area contributed by atoms with Gasteiger partial charge in [0, 0.05) is 12.5 Å². The first kappa shape index (κ1) is 11.5. The molecule has 0 unspecified atom stereocenters. The Balaban J connectivity index is 1.98. The first-order chi connectivity index (χ1) is 6.83. The normalized spacial score (nSPS) is 17.2. The van der Waals surface area contributed by atoms with E-state index < -0.39 is 0 Å². The van der Waals surface area contributed by atoms with Crippen LogP contribution in [-0.2, 0) is 4.79 Å². The van der Waals surface area contributed by atoms with Crippen LogP contribution in [0, 0.1) is 0 Å². The molecule has 1 fully saturated rings. The molecular weight excluding hydrogens is 174 g/mol. The van der Waals surface area contributed by atoms with Gasteiger partial charge in [-0.05, 0) is 19.3 Å². The van der Waals surface area contributed by atoms with Gasteiger partial charge in [0.15, 0.2) is 0 Å². The van der Waals surface area contributed by atoms with Gasteiger partial charge in [0.25, 0.3) is 0 Å². The fourth-order valence-electron chi connectivity index (χ4n) is 2.08. The van der Waals surface area contributed by atoms with Gasteiger partial charge in [-0.25, -0.2) is 0 Å². The summed E-state index contributed by atoms with van der Waals surface area (Å²) in [4.78, 5) is 11.5. The van der Waals surface area contributed by atoms with E-state index in [9.17, 15) is 4.79 Å². The van der Waals surface area contributed by atoms with E-state index in [1.807, 2.05) is 0 Å². The lowest BCUT2D eigenvalue weighted by atomic mass is 10.1. The summed E-state index contributed by atoms with van der Waals surface area (Å²) < 4.78 is 0. The molecule has 14 heavy (non-hydrogen) atoms. The Morgan fingerprint density at radius 1 is 1.21 bits per heavy atom. The Labute approximate surface area is 87.5 Å². The van der Waals surface area contributed by atoms with Crippen molar-refractivity contribution in [3.8, 4) is 0 Å². The predicted octanol–water partition coefficient (Wildman–Crippen LogP) is 3.02. The van der Waals surface area contributed by atoms with Gasteiger partial charge in [0.2, 0.25) is 5.91 Å². The summed E-state index contributed by atoms with van der Waals surface area (Å²) in [5, 5.41) is 3.12. The summed E-state index contributed by atoms with van der Waals surface area (Å²) in [6.45, 7) is 2.19. The Morgan fingerprint density at radius 3 is 2.57 bits per heavy atom. The summed E-state index contributed by atoms with van der Waals surface area (Å²) in [7, 11) is 0. The maximum atomic E-state index is 11.5. The third-order valence-electron chi connectivity index (χ3n) is 2.98. The van der Waals surface area contributed by atoms with Crippen molar-refractivity contribution >= 4 is 5.91 Å². The van der Waals surface area contributed by atoms with Gasteiger partial charge in [-0.1, -0.05) is 39.0 Å². The van der Waals surface area contributed by atoms with Crippen LogP contribution >= 0.6 is 0 Å². The Hall–Kier alpha value is -0.530. The van der Waals surface area contributed by atoms with Gasteiger partial charge in [-0.15, -0.1) is 0 Å². The zero-order valence-corrected chi connectivity index (χ0v) is 9.35. The number of carbonyl (C=O) groups excluding carboxylic acids is 1. The van der Waals surface area contributed by atoms with Crippen LogP contribution in [0.4, 0.5) is 0 Å². The van der Waals surface area contributed by atoms with Crippen LogP contribution in [0.2, 0.25) is 0 Å². The molecule has 1 N–H and O–H groups in total. The zero-order valence-electron chi connectivity index (χ0n) is 9.35. The van der Waals surface area contributed by atoms with Crippen LogP contribution in [0.3, 0.4) is 0 Å². The second-order valence-electron chi connectivity index (χ2n) is 4.36. The van der Waals surface area contributed by atoms with E-state index in [0.717, 1.165) is 12.8 Å². The Kier molecular flexibility index (Phi) is 5.65. The average Bonchev–Trinajstić information content (AvgIpc) is 2.65. The molecule has 0 radical (unpaired) electrons. The van der Waals surface area contributed by atoms with Crippen molar-refractivity contribution in [2.75, 3.05) is 0 Å². The number of rotatable bonds is 6. The van der Waals surface area contributed by atoms with E-state index in [-0.39, 0.29) is 5.91 Å². The van der Waals surface area contributed by atoms with Crippen LogP contribution in [0.5, 0.6) is 0 Å². The summed E-state index contributed by atoms with van der Waals surface area (Å²) in [5.41, 5.74) is 0. The summed E-state index contributed by atoms with van der Waals surface area (Å²) in [5.74, 6) is 0.271. The first-order valence-corrected chi connectivity index (χ1v) is 6.12. The predicted molar refractivity (Wildman–Crippen MR) is 59.2 cm³/mol. The van der Waals surface area contributed by atoms with E-state index >= 15 is 0 Å². The molecule has 0 bridgehead atoms. The molecule has 1 rings (SSSR count). The fourth-order valence-corrected chi connectivity index (χ4v) is 2.08. The highest BCUT2D eigenvalue weighted by molar-refractivity contribution is 5.76. The number of nitrogens with one attached hydrogen (secondary N) is 1. The number of amides is 1. The minimum Gasteiger partial charge on any atom is -0.353 e. The third kappa shape index (κ3) is 4.64. The van der Waals surface area contributed by atoms with Gasteiger partial charge in [0.05, 0.1) is 0 Å². The molecule has 0 aromatic rings. The maximum Gasteiger partial charge on any atom is 0.220 e. The summed E-state index contributed by atoms with van der Waals surface area (Å²) in [6.07, 6.45) is 10.5. The number of hydrogen-bond donors (Lipinski definition) is 1. The molecule has 2 nitrogen and oxygen atoms in total. The Morgan fingerprint density at radius 2 is 1.93 bits per heavy atom. The average molecular weight is 197 g/mol. The molecule has 0 atom stereocenters. The molecule has 0 aliphatic heterocycles. The number of carbonyl (C=O) groups is 1. The van der Waals surface area contributed by atoms with Crippen LogP contribution in [0.1, 0.15) is 64.7 Å². The van der Waals surface area contributed by atoms with E-state index in [1.165, 1.54) is 44.9 Å². The van der Waals surface area contributed by atoms with Crippen LogP contribution in [0.25, 0.3) is 0 Å². The van der Waals surface area contributed by atoms with Crippen molar-refractivity contribution in [2.24, 2.45) is 0 Å². The molecule has 0 spiro atoms. The SMILES string of the molecule is CCCCCCC(=O)NC1CCCC1. The van der Waals surface area contributed by atoms with Crippen molar-refractivity contribution in [3.05, 3.63) is 0 Å². The monoisotopic (exact) mass is 197 g/mol. The molecule has 1 aliphatic carbocycles. The van der Waals surface area contributed by atoms with E-state index in [1.54, 1.807) is 0 Å². The molecule has 1 aliphatic rings. The molecule has 2 heteroatoms. The fraction of sp³-hybridized carbons (Fsp3) is 0.917. The third-order valence-corrected chi connectivity index (χ3v) is 2.98. The summed E-state index contributed by atoms with van der Waals surface area (Å²) >= 11 is 0. The smallest absolute Gasteiger partial charge is 0.220 e. The molecule has 0 aromatic heterocycles. The topological polar surface area (TPSA) is 29.1 Å². The van der Waals surface area contributed by atoms with Crippen LogP contribution in [-0.4, -0.2) is 11.9 Å². The van der Waals surface area contributed by atoms with Crippen LogP contribution < -0.4 is 5.32 Å². The minimum absolute atomic E-state index is 0.271. The van der Waals surface area contributed by atoms with Crippen LogP contribution in [0.15, 0.2) is 0 Å². The van der Waals surface area contributed by atoms with Gasteiger partial charge >= 0.3 is 0 Å². The lowest BCUT2D eigenvalue weighted by Gasteiger charge is -2.11. The molecule has 1 saturated carbocycles. The van der Waals surface area contributed by atoms with Crippen molar-refractivity contribution in [3.63, 3.8) is 0 Å². The van der Waals surface area contributed by atoms with Crippen molar-refractivity contribution in [2.45, 2.75) is 70.8 Å². The lowest BCUT2D eigenvalue weighted by Crippen LogP contribution is -2.32. The maximum absolute atomic E-state index is 11.5. The largest absolute Gasteiger partial charge is 0.353 e. The van der Waals surface area contributed by atoms with Crippen molar-refractivity contribution in [1.82, 2.24) is 5.32 Å². The highest BCUT2D eigenvalue weighted by atomic mass is 16.1. The van der Waals surface area contributed by atoms with Gasteiger partial charge in [-0.2, -0.15) is 0 Å². The molecular formula is C12H23NO. The number of unbranched alkanes of at least 4 members (excludes halogenated alkanes) is 3. The quantitative estimate of drug-likeness (QED) is 0.652. The highest BCUT2D eigenvalue weighted by Gasteiger charge is 2.16. The van der Waals surface area contributed by atoms with E-state index in [4.69, 9.17) is 0 Å². The molecule has 82 valence electrons. The number of hydrogen-bond acceptors (Lipinski definition) is 1. The summed E-state index contributed by atoms with van der Waals surface area (Å²) in [6, 6.07) is 0.494. The van der Waals surface area contributed by atoms with Gasteiger partial charge in [-0.3, -0.25) is 4.79 Å². The van der Waals surface area contributed by atoms with E-state index in [0.29, 0.717) is 6.04 Å². The van der Waals surface area contributed by atoms with Crippen molar-refractivity contribution < 1.29 is 4.79 Å². The van der Waals surface area contributed by atoms with Gasteiger partial charge < -0.3 is 5.32 Å². The standard InChI is InChI=1S/C12H23NO/c1-2-3-4-5-10-12(14)13-11-8-6-7-9-11/h11H,2-10H2,1H3,(H,13,14). The molecule has 0 aromatic carbocycles. The van der Waals surface area contributed by atoms with Gasteiger partial charge in [0.1, 0.15) is 0 Å². The molecule has 0 saturated heterocycles. The molecule has 0 heterocycles.